The van der Waals surface area contributed by atoms with Crippen molar-refractivity contribution in [3.63, 3.8) is 0 Å². The van der Waals surface area contributed by atoms with Gasteiger partial charge in [0.2, 0.25) is 0 Å². The van der Waals surface area contributed by atoms with Crippen molar-refractivity contribution in [2.45, 2.75) is 25.7 Å². The van der Waals surface area contributed by atoms with Crippen molar-refractivity contribution in [3.8, 4) is 11.8 Å². The SMILES string of the molecule is C1#Cc2ccccc2C1.O=C(O)c1ccc(CC2Cc3ccccc3C2)cc1. The second-order valence-electron chi connectivity index (χ2n) is 7.38. The lowest BCUT2D eigenvalue weighted by atomic mass is 9.96. The maximum atomic E-state index is 10.8. The molecule has 0 bridgehead atoms. The van der Waals surface area contributed by atoms with E-state index in [1.807, 2.05) is 24.3 Å². The summed E-state index contributed by atoms with van der Waals surface area (Å²) in [4.78, 5) is 10.8. The Balaban J connectivity index is 0.000000177. The number of carbonyl (C=O) groups is 1. The molecule has 2 heteroatoms. The van der Waals surface area contributed by atoms with Crippen LogP contribution in [0.2, 0.25) is 0 Å². The molecule has 0 radical (unpaired) electrons. The lowest BCUT2D eigenvalue weighted by Gasteiger charge is -2.09. The number of hydrogen-bond acceptors (Lipinski definition) is 1. The van der Waals surface area contributed by atoms with E-state index in [1.54, 1.807) is 12.1 Å². The summed E-state index contributed by atoms with van der Waals surface area (Å²) in [5, 5.41) is 8.88. The summed E-state index contributed by atoms with van der Waals surface area (Å²) in [5.41, 5.74) is 7.07. The average Bonchev–Trinajstić information content (AvgIpc) is 3.35. The van der Waals surface area contributed by atoms with Crippen molar-refractivity contribution in [1.82, 2.24) is 0 Å². The van der Waals surface area contributed by atoms with Gasteiger partial charge in [-0.1, -0.05) is 66.4 Å². The van der Waals surface area contributed by atoms with E-state index in [0.29, 0.717) is 11.5 Å². The number of carboxylic acids is 1. The predicted molar refractivity (Wildman–Crippen MR) is 111 cm³/mol. The summed E-state index contributed by atoms with van der Waals surface area (Å²) in [6, 6.07) is 24.1. The maximum absolute atomic E-state index is 10.8. The van der Waals surface area contributed by atoms with Crippen molar-refractivity contribution in [3.05, 3.63) is 106 Å². The number of fused-ring (bicyclic) bond motifs is 2. The van der Waals surface area contributed by atoms with Crippen LogP contribution < -0.4 is 0 Å². The van der Waals surface area contributed by atoms with Crippen LogP contribution in [0.4, 0.5) is 0 Å². The van der Waals surface area contributed by atoms with Crippen LogP contribution in [0.3, 0.4) is 0 Å². The molecule has 0 spiro atoms. The Labute approximate surface area is 165 Å². The van der Waals surface area contributed by atoms with Gasteiger partial charge < -0.3 is 5.11 Å². The molecule has 2 nitrogen and oxygen atoms in total. The average molecular weight is 366 g/mol. The van der Waals surface area contributed by atoms with Gasteiger partial charge in [-0.15, -0.1) is 0 Å². The van der Waals surface area contributed by atoms with Gasteiger partial charge in [0.25, 0.3) is 0 Å². The molecule has 0 saturated heterocycles. The number of rotatable bonds is 3. The predicted octanol–water partition coefficient (Wildman–Crippen LogP) is 4.94. The topological polar surface area (TPSA) is 37.3 Å². The maximum Gasteiger partial charge on any atom is 0.335 e. The Bertz CT molecular complexity index is 1030. The minimum absolute atomic E-state index is 0.360. The molecule has 0 atom stereocenters. The largest absolute Gasteiger partial charge is 0.478 e. The molecule has 0 heterocycles. The second-order valence-corrected chi connectivity index (χ2v) is 7.38. The van der Waals surface area contributed by atoms with Crippen LogP contribution in [0.15, 0.2) is 72.8 Å². The monoisotopic (exact) mass is 366 g/mol. The van der Waals surface area contributed by atoms with Gasteiger partial charge >= 0.3 is 5.97 Å². The zero-order valence-corrected chi connectivity index (χ0v) is 15.7. The zero-order valence-electron chi connectivity index (χ0n) is 15.7. The fraction of sp³-hybridized carbons (Fsp3) is 0.192. The minimum atomic E-state index is -0.861. The number of carboxylic acid groups (broad SMARTS) is 1. The molecule has 3 aromatic carbocycles. The Morgan fingerprint density at radius 3 is 2.07 bits per heavy atom. The van der Waals surface area contributed by atoms with Crippen LogP contribution in [0, 0.1) is 17.8 Å². The lowest BCUT2D eigenvalue weighted by Crippen LogP contribution is -2.04. The first-order valence-corrected chi connectivity index (χ1v) is 9.65. The Hall–Kier alpha value is -3.31. The highest BCUT2D eigenvalue weighted by molar-refractivity contribution is 5.87. The van der Waals surface area contributed by atoms with Gasteiger partial charge in [0.15, 0.2) is 0 Å². The van der Waals surface area contributed by atoms with Gasteiger partial charge in [-0.3, -0.25) is 0 Å². The van der Waals surface area contributed by atoms with E-state index in [1.165, 1.54) is 27.8 Å². The Morgan fingerprint density at radius 1 is 0.857 bits per heavy atom. The Morgan fingerprint density at radius 2 is 1.46 bits per heavy atom. The zero-order chi connectivity index (χ0) is 19.3. The van der Waals surface area contributed by atoms with Crippen LogP contribution in [0.25, 0.3) is 0 Å². The van der Waals surface area contributed by atoms with Crippen molar-refractivity contribution >= 4 is 5.97 Å². The lowest BCUT2D eigenvalue weighted by molar-refractivity contribution is 0.0697. The summed E-state index contributed by atoms with van der Waals surface area (Å²) in [6.07, 6.45) is 4.23. The molecule has 3 aromatic rings. The number of hydrogen-bond donors (Lipinski definition) is 1. The van der Waals surface area contributed by atoms with Gasteiger partial charge in [0, 0.05) is 12.0 Å². The van der Waals surface area contributed by atoms with Crippen molar-refractivity contribution in [1.29, 1.82) is 0 Å². The third kappa shape index (κ3) is 4.15. The second kappa shape index (κ2) is 8.15. The standard InChI is InChI=1S/C17H16O2.C9H6/c18-17(19)14-7-5-12(6-8-14)9-13-10-15-3-1-2-4-16(15)11-13;1-2-5-9-7-3-6-8(9)4-1/h1-8,13H,9-11H2,(H,18,19);1-2,4-5H,6H2. The normalized spacial score (nSPS) is 13.6. The van der Waals surface area contributed by atoms with E-state index in [4.69, 9.17) is 5.11 Å². The van der Waals surface area contributed by atoms with Gasteiger partial charge in [0.05, 0.1) is 5.56 Å². The molecule has 5 rings (SSSR count). The van der Waals surface area contributed by atoms with E-state index in [2.05, 4.69) is 48.2 Å². The minimum Gasteiger partial charge on any atom is -0.478 e. The summed E-state index contributed by atoms with van der Waals surface area (Å²) < 4.78 is 0. The van der Waals surface area contributed by atoms with Crippen molar-refractivity contribution in [2.24, 2.45) is 5.92 Å². The fourth-order valence-corrected chi connectivity index (χ4v) is 3.94. The van der Waals surface area contributed by atoms with E-state index < -0.39 is 5.97 Å². The molecule has 1 N–H and O–H groups in total. The summed E-state index contributed by atoms with van der Waals surface area (Å²) in [7, 11) is 0. The van der Waals surface area contributed by atoms with Crippen LogP contribution in [-0.4, -0.2) is 11.1 Å². The van der Waals surface area contributed by atoms with Crippen molar-refractivity contribution in [2.75, 3.05) is 0 Å². The highest BCUT2D eigenvalue weighted by Crippen LogP contribution is 2.28. The molecule has 28 heavy (non-hydrogen) atoms. The number of aromatic carboxylic acids is 1. The van der Waals surface area contributed by atoms with E-state index in [0.717, 1.165) is 25.7 Å². The van der Waals surface area contributed by atoms with E-state index in [9.17, 15) is 4.79 Å². The Kier molecular flexibility index (Phi) is 5.26. The highest BCUT2D eigenvalue weighted by atomic mass is 16.4. The van der Waals surface area contributed by atoms with Crippen LogP contribution in [0.1, 0.15) is 38.2 Å². The quantitative estimate of drug-likeness (QED) is 0.667. The van der Waals surface area contributed by atoms with Gasteiger partial charge in [0.1, 0.15) is 0 Å². The fourth-order valence-electron chi connectivity index (χ4n) is 3.94. The highest BCUT2D eigenvalue weighted by Gasteiger charge is 2.21. The molecule has 2 aliphatic rings. The molecular weight excluding hydrogens is 344 g/mol. The molecular formula is C26H22O2. The first-order chi connectivity index (χ1) is 13.7. The summed E-state index contributed by atoms with van der Waals surface area (Å²) in [5.74, 6) is 5.87. The van der Waals surface area contributed by atoms with E-state index in [-0.39, 0.29) is 0 Å². The number of benzene rings is 3. The van der Waals surface area contributed by atoms with Gasteiger partial charge in [-0.25, -0.2) is 4.79 Å². The van der Waals surface area contributed by atoms with Crippen LogP contribution >= 0.6 is 0 Å². The molecule has 0 saturated carbocycles. The van der Waals surface area contributed by atoms with Gasteiger partial charge in [-0.2, -0.15) is 0 Å². The van der Waals surface area contributed by atoms with Crippen molar-refractivity contribution < 1.29 is 9.90 Å². The van der Waals surface area contributed by atoms with E-state index >= 15 is 0 Å². The van der Waals surface area contributed by atoms with Crippen LogP contribution in [0.5, 0.6) is 0 Å². The molecule has 0 fully saturated rings. The first-order valence-electron chi connectivity index (χ1n) is 9.65. The molecule has 0 unspecified atom stereocenters. The van der Waals surface area contributed by atoms with Crippen LogP contribution in [-0.2, 0) is 25.7 Å². The molecule has 0 amide bonds. The third-order valence-electron chi connectivity index (χ3n) is 5.38. The molecule has 0 aromatic heterocycles. The smallest absolute Gasteiger partial charge is 0.335 e. The molecule has 0 aliphatic heterocycles. The van der Waals surface area contributed by atoms with Gasteiger partial charge in [-0.05, 0) is 65.6 Å². The first kappa shape index (κ1) is 18.1. The summed E-state index contributed by atoms with van der Waals surface area (Å²) in [6.45, 7) is 0. The molecule has 138 valence electrons. The molecule has 2 aliphatic carbocycles. The summed E-state index contributed by atoms with van der Waals surface area (Å²) >= 11 is 0. The third-order valence-corrected chi connectivity index (χ3v) is 5.38.